The van der Waals surface area contributed by atoms with E-state index in [0.29, 0.717) is 11.8 Å². The molecule has 0 bridgehead atoms. The number of nitrogens with zero attached hydrogens (tertiary/aromatic N) is 2. The molecule has 3 nitrogen and oxygen atoms in total. The Morgan fingerprint density at radius 3 is 1.80 bits per heavy atom. The molecular weight excluding hydrogens is 420 g/mol. The molecule has 0 spiro atoms. The van der Waals surface area contributed by atoms with Gasteiger partial charge in [-0.25, -0.2) is 0 Å². The first-order valence-corrected chi connectivity index (χ1v) is 9.12. The van der Waals surface area contributed by atoms with Crippen molar-refractivity contribution < 1.29 is 24.1 Å². The second-order valence-electron chi connectivity index (χ2n) is 6.76. The molecule has 1 amide bonds. The summed E-state index contributed by atoms with van der Waals surface area (Å²) in [5, 5.41) is 0. The minimum atomic E-state index is 0.141. The molecule has 0 aromatic carbocycles. The van der Waals surface area contributed by atoms with Crippen molar-refractivity contribution in [2.75, 3.05) is 26.2 Å². The van der Waals surface area contributed by atoms with Crippen LogP contribution < -0.4 is 0 Å². The number of hydrogen-bond donors (Lipinski definition) is 0. The van der Waals surface area contributed by atoms with Crippen LogP contribution in [0.2, 0.25) is 0 Å². The van der Waals surface area contributed by atoms with Crippen molar-refractivity contribution in [3.8, 4) is 0 Å². The van der Waals surface area contributed by atoms with E-state index in [1.165, 1.54) is 19.4 Å². The second kappa shape index (κ2) is 9.10. The van der Waals surface area contributed by atoms with Crippen LogP contribution in [0.3, 0.4) is 0 Å². The van der Waals surface area contributed by atoms with Gasteiger partial charge in [-0.1, -0.05) is 33.6 Å². The van der Waals surface area contributed by atoms with Gasteiger partial charge in [-0.15, -0.1) is 0 Å². The van der Waals surface area contributed by atoms with Crippen LogP contribution in [0, 0.1) is 24.2 Å². The zero-order chi connectivity index (χ0) is 15.9. The summed E-state index contributed by atoms with van der Waals surface area (Å²) in [4.78, 5) is 15.9. The molecule has 1 fully saturated rings. The zero-order valence-electron chi connectivity index (χ0n) is 14.0. The van der Waals surface area contributed by atoms with Gasteiger partial charge in [0.2, 0.25) is 0 Å². The fraction of sp³-hybridized carbons (Fsp3) is 0.812. The maximum Gasteiger partial charge on any atom is -0.0647 e. The van der Waals surface area contributed by atoms with E-state index in [1.807, 2.05) is 18.7 Å². The first-order valence-electron chi connectivity index (χ1n) is 7.43. The number of rotatable bonds is 3. The van der Waals surface area contributed by atoms with Crippen LogP contribution in [0.4, 0.5) is 0 Å². The van der Waals surface area contributed by atoms with E-state index in [0.717, 1.165) is 26.2 Å². The molecule has 0 atom stereocenters. The SMILES string of the molecule is CC(C)C(=O)N1CCN([CH]=[W])CC1.[CH2-]C(C)(C)C(C)C. The molecule has 0 N–H and O–H groups in total. The maximum atomic E-state index is 11.6. The third kappa shape index (κ3) is 7.69. The Morgan fingerprint density at radius 2 is 1.55 bits per heavy atom. The van der Waals surface area contributed by atoms with Crippen molar-refractivity contribution in [3.63, 3.8) is 0 Å². The molecule has 4 heteroatoms. The van der Waals surface area contributed by atoms with Gasteiger partial charge in [0, 0.05) is 0 Å². The van der Waals surface area contributed by atoms with Gasteiger partial charge in [0.15, 0.2) is 0 Å². The average Bonchev–Trinajstić information content (AvgIpc) is 2.37. The molecule has 118 valence electrons. The molecule has 0 aromatic rings. The predicted molar refractivity (Wildman–Crippen MR) is 83.0 cm³/mol. The Hall–Kier alpha value is -0.0117. The van der Waals surface area contributed by atoms with Crippen molar-refractivity contribution in [3.05, 3.63) is 6.92 Å². The Balaban J connectivity index is 0.000000441. The molecule has 0 unspecified atom stereocenters. The van der Waals surface area contributed by atoms with E-state index >= 15 is 0 Å². The molecule has 0 radical (unpaired) electrons. The van der Waals surface area contributed by atoms with Crippen molar-refractivity contribution >= 4 is 10.4 Å². The van der Waals surface area contributed by atoms with Crippen molar-refractivity contribution in [2.45, 2.75) is 41.5 Å². The largest absolute Gasteiger partial charge is 0.337 e. The van der Waals surface area contributed by atoms with Gasteiger partial charge in [0.25, 0.3) is 0 Å². The minimum absolute atomic E-state index is 0.141. The van der Waals surface area contributed by atoms with Gasteiger partial charge in [0.1, 0.15) is 0 Å². The summed E-state index contributed by atoms with van der Waals surface area (Å²) < 4.78 is 2.18. The molecule has 0 aliphatic carbocycles. The van der Waals surface area contributed by atoms with E-state index in [-0.39, 0.29) is 11.3 Å². The third-order valence-electron chi connectivity index (χ3n) is 3.83. The molecular formula is C16H31N2OW-. The Bertz CT molecular complexity index is 300. The van der Waals surface area contributed by atoms with Crippen LogP contribution in [-0.4, -0.2) is 46.4 Å². The Labute approximate surface area is 136 Å². The molecule has 1 saturated heterocycles. The van der Waals surface area contributed by atoms with E-state index < -0.39 is 0 Å². The standard InChI is InChI=1S/C9H16N2O.C7H15.W/c1-8(2)9(12)11-6-4-10(3)5-7-11;1-6(2)7(3,4)5;/h3,8H,4-7H2,1-2H3;6H,3H2,1-2,4-5H3;/q;-1;. The van der Waals surface area contributed by atoms with Gasteiger partial charge in [0.05, 0.1) is 0 Å². The molecule has 1 rings (SSSR count). The monoisotopic (exact) mass is 451 g/mol. The van der Waals surface area contributed by atoms with Crippen LogP contribution in [-0.2, 0) is 24.1 Å². The van der Waals surface area contributed by atoms with E-state index in [1.54, 1.807) is 0 Å². The second-order valence-corrected chi connectivity index (χ2v) is 7.52. The average molecular weight is 451 g/mol. The molecule has 1 heterocycles. The molecule has 1 aliphatic rings. The van der Waals surface area contributed by atoms with Gasteiger partial charge < -0.3 is 6.92 Å². The Kier molecular flexibility index (Phi) is 9.09. The van der Waals surface area contributed by atoms with Crippen LogP contribution in [0.25, 0.3) is 0 Å². The fourth-order valence-electron chi connectivity index (χ4n) is 1.41. The third-order valence-corrected chi connectivity index (χ3v) is 4.90. The summed E-state index contributed by atoms with van der Waals surface area (Å²) in [6.45, 7) is 20.4. The molecule has 0 aromatic heterocycles. The number of piperazine rings is 1. The van der Waals surface area contributed by atoms with Crippen LogP contribution >= 0.6 is 0 Å². The number of amides is 1. The minimum Gasteiger partial charge on any atom is -0.337 e. The normalized spacial score (nSPS) is 16.9. The van der Waals surface area contributed by atoms with Crippen LogP contribution in [0.15, 0.2) is 0 Å². The molecule has 1 aliphatic heterocycles. The van der Waals surface area contributed by atoms with Crippen LogP contribution in [0.5, 0.6) is 0 Å². The van der Waals surface area contributed by atoms with Crippen LogP contribution in [0.1, 0.15) is 41.5 Å². The zero-order valence-corrected chi connectivity index (χ0v) is 16.9. The van der Waals surface area contributed by atoms with Gasteiger partial charge >= 0.3 is 90.3 Å². The molecule has 20 heavy (non-hydrogen) atoms. The molecule has 0 saturated carbocycles. The van der Waals surface area contributed by atoms with Gasteiger partial charge in [-0.05, 0) is 0 Å². The van der Waals surface area contributed by atoms with E-state index in [4.69, 9.17) is 0 Å². The number of carbonyl (C=O) groups is 1. The summed E-state index contributed by atoms with van der Waals surface area (Å²) in [6, 6.07) is 0. The summed E-state index contributed by atoms with van der Waals surface area (Å²) in [7, 11) is 0. The van der Waals surface area contributed by atoms with Gasteiger partial charge in [-0.3, -0.25) is 0 Å². The first kappa shape index (κ1) is 20.0. The van der Waals surface area contributed by atoms with E-state index in [2.05, 4.69) is 44.0 Å². The topological polar surface area (TPSA) is 23.6 Å². The van der Waals surface area contributed by atoms with E-state index in [9.17, 15) is 4.79 Å². The van der Waals surface area contributed by atoms with Crippen molar-refractivity contribution in [1.82, 2.24) is 9.80 Å². The maximum absolute atomic E-state index is 11.6. The predicted octanol–water partition coefficient (Wildman–Crippen LogP) is 2.60. The summed E-state index contributed by atoms with van der Waals surface area (Å²) in [5.74, 6) is 1.12. The first-order chi connectivity index (χ1) is 9.09. The van der Waals surface area contributed by atoms with Gasteiger partial charge in [-0.2, -0.15) is 5.41 Å². The fourth-order valence-corrected chi connectivity index (χ4v) is 2.17. The summed E-state index contributed by atoms with van der Waals surface area (Å²) >= 11 is 1.48. The smallest absolute Gasteiger partial charge is 0.0647 e. The number of carbonyl (C=O) groups excluding carboxylic acids is 1. The number of hydrogen-bond acceptors (Lipinski definition) is 2. The van der Waals surface area contributed by atoms with Crippen molar-refractivity contribution in [1.29, 1.82) is 0 Å². The van der Waals surface area contributed by atoms with Crippen molar-refractivity contribution in [2.24, 2.45) is 17.3 Å². The quantitative estimate of drug-likeness (QED) is 0.617. The summed E-state index contributed by atoms with van der Waals surface area (Å²) in [6.07, 6.45) is 0. The Morgan fingerprint density at radius 1 is 1.15 bits per heavy atom. The summed E-state index contributed by atoms with van der Waals surface area (Å²) in [5.41, 5.74) is 0.250.